The Morgan fingerprint density at radius 2 is 2.00 bits per heavy atom. The van der Waals surface area contributed by atoms with Crippen LogP contribution in [-0.2, 0) is 0 Å². The Kier molecular flexibility index (Phi) is 1.68. The van der Waals surface area contributed by atoms with Gasteiger partial charge in [0.25, 0.3) is 0 Å². The van der Waals surface area contributed by atoms with Crippen LogP contribution in [0.1, 0.15) is 5.56 Å². The molecular formula is C13H10O2. The summed E-state index contributed by atoms with van der Waals surface area (Å²) in [7, 11) is 0. The first-order chi connectivity index (χ1) is 7.34. The Balaban J connectivity index is 2.41. The summed E-state index contributed by atoms with van der Waals surface area (Å²) in [6.45, 7) is 0.622. The summed E-state index contributed by atoms with van der Waals surface area (Å²) in [5.41, 5.74) is 1.05. The fourth-order valence-corrected chi connectivity index (χ4v) is 1.91. The molecule has 0 amide bonds. The number of benzene rings is 2. The summed E-state index contributed by atoms with van der Waals surface area (Å²) in [6, 6.07) is 9.35. The van der Waals surface area contributed by atoms with Crippen LogP contribution in [0.2, 0.25) is 0 Å². The highest BCUT2D eigenvalue weighted by molar-refractivity contribution is 5.94. The third kappa shape index (κ3) is 1.26. The molecule has 2 nitrogen and oxygen atoms in total. The highest BCUT2D eigenvalue weighted by Gasteiger charge is 2.09. The van der Waals surface area contributed by atoms with Gasteiger partial charge in [0.15, 0.2) is 0 Å². The highest BCUT2D eigenvalue weighted by Crippen LogP contribution is 2.33. The summed E-state index contributed by atoms with van der Waals surface area (Å²) >= 11 is 0. The van der Waals surface area contributed by atoms with Crippen molar-refractivity contribution < 1.29 is 9.84 Å². The molecular weight excluding hydrogens is 188 g/mol. The van der Waals surface area contributed by atoms with Gasteiger partial charge in [-0.2, -0.15) is 0 Å². The molecule has 0 saturated carbocycles. The second kappa shape index (κ2) is 3.02. The number of phenols is 1. The van der Waals surface area contributed by atoms with Crippen LogP contribution in [0.4, 0.5) is 0 Å². The van der Waals surface area contributed by atoms with E-state index in [9.17, 15) is 5.11 Å². The van der Waals surface area contributed by atoms with E-state index in [0.29, 0.717) is 6.61 Å². The van der Waals surface area contributed by atoms with Crippen LogP contribution < -0.4 is 4.74 Å². The van der Waals surface area contributed by atoms with Gasteiger partial charge in [-0.15, -0.1) is 0 Å². The normalized spacial score (nSPS) is 13.6. The number of ether oxygens (including phenoxy) is 1. The van der Waals surface area contributed by atoms with Crippen molar-refractivity contribution in [3.05, 3.63) is 42.0 Å². The summed E-state index contributed by atoms with van der Waals surface area (Å²) in [5, 5.41) is 11.6. The van der Waals surface area contributed by atoms with Gasteiger partial charge in [-0.1, -0.05) is 18.2 Å². The van der Waals surface area contributed by atoms with Crippen LogP contribution in [-0.4, -0.2) is 11.7 Å². The van der Waals surface area contributed by atoms with Gasteiger partial charge in [0.1, 0.15) is 18.1 Å². The van der Waals surface area contributed by atoms with Crippen molar-refractivity contribution in [2.45, 2.75) is 0 Å². The maximum Gasteiger partial charge on any atom is 0.127 e. The standard InChI is InChI=1S/C13H10O2/c14-10-5-3-9-4-6-13-11(12(9)8-10)2-1-7-15-13/h1-6,8,14H,7H2. The second-order valence-corrected chi connectivity index (χ2v) is 3.60. The highest BCUT2D eigenvalue weighted by atomic mass is 16.5. The van der Waals surface area contributed by atoms with Crippen LogP contribution in [0.3, 0.4) is 0 Å². The molecule has 74 valence electrons. The Labute approximate surface area is 87.4 Å². The largest absolute Gasteiger partial charge is 0.508 e. The molecule has 0 radical (unpaired) electrons. The quantitative estimate of drug-likeness (QED) is 0.705. The summed E-state index contributed by atoms with van der Waals surface area (Å²) < 4.78 is 5.50. The maximum absolute atomic E-state index is 9.47. The minimum Gasteiger partial charge on any atom is -0.508 e. The lowest BCUT2D eigenvalue weighted by molar-refractivity contribution is 0.359. The molecule has 15 heavy (non-hydrogen) atoms. The zero-order valence-corrected chi connectivity index (χ0v) is 8.10. The molecule has 3 rings (SSSR count). The maximum atomic E-state index is 9.47. The van der Waals surface area contributed by atoms with Crippen molar-refractivity contribution in [3.8, 4) is 11.5 Å². The molecule has 0 aromatic heterocycles. The number of phenolic OH excluding ortho intramolecular Hbond substituents is 1. The van der Waals surface area contributed by atoms with Crippen LogP contribution >= 0.6 is 0 Å². The molecule has 0 bridgehead atoms. The number of hydrogen-bond donors (Lipinski definition) is 1. The predicted molar refractivity (Wildman–Crippen MR) is 60.1 cm³/mol. The van der Waals surface area contributed by atoms with Crippen molar-refractivity contribution in [2.75, 3.05) is 6.61 Å². The topological polar surface area (TPSA) is 29.5 Å². The van der Waals surface area contributed by atoms with Crippen LogP contribution in [0.5, 0.6) is 11.5 Å². The number of aromatic hydroxyl groups is 1. The smallest absolute Gasteiger partial charge is 0.127 e. The molecule has 1 heterocycles. The molecule has 0 spiro atoms. The molecule has 0 fully saturated rings. The molecule has 2 aromatic rings. The monoisotopic (exact) mass is 198 g/mol. The minimum absolute atomic E-state index is 0.287. The first kappa shape index (κ1) is 8.36. The van der Waals surface area contributed by atoms with E-state index in [2.05, 4.69) is 0 Å². The van der Waals surface area contributed by atoms with Crippen LogP contribution in [0, 0.1) is 0 Å². The van der Waals surface area contributed by atoms with E-state index in [1.54, 1.807) is 12.1 Å². The fourth-order valence-electron chi connectivity index (χ4n) is 1.91. The predicted octanol–water partition coefficient (Wildman–Crippen LogP) is 2.95. The average Bonchev–Trinajstić information content (AvgIpc) is 2.29. The lowest BCUT2D eigenvalue weighted by atomic mass is 10.0. The van der Waals surface area contributed by atoms with Crippen LogP contribution in [0.15, 0.2) is 36.4 Å². The van der Waals surface area contributed by atoms with E-state index in [0.717, 1.165) is 22.1 Å². The Morgan fingerprint density at radius 3 is 2.93 bits per heavy atom. The Hall–Kier alpha value is -1.96. The van der Waals surface area contributed by atoms with E-state index in [4.69, 9.17) is 4.74 Å². The molecule has 1 aliphatic heterocycles. The van der Waals surface area contributed by atoms with Crippen molar-refractivity contribution in [2.24, 2.45) is 0 Å². The molecule has 0 unspecified atom stereocenters. The van der Waals surface area contributed by atoms with Crippen LogP contribution in [0.25, 0.3) is 16.8 Å². The third-order valence-corrected chi connectivity index (χ3v) is 2.63. The first-order valence-corrected chi connectivity index (χ1v) is 4.90. The van der Waals surface area contributed by atoms with E-state index >= 15 is 0 Å². The van der Waals surface area contributed by atoms with E-state index in [1.807, 2.05) is 30.4 Å². The molecule has 1 N–H and O–H groups in total. The molecule has 0 atom stereocenters. The Bertz CT molecular complexity index is 556. The summed E-state index contributed by atoms with van der Waals surface area (Å²) in [6.07, 6.45) is 4.02. The zero-order chi connectivity index (χ0) is 10.3. The van der Waals surface area contributed by atoms with E-state index in [-0.39, 0.29) is 5.75 Å². The number of hydrogen-bond acceptors (Lipinski definition) is 2. The van der Waals surface area contributed by atoms with Crippen molar-refractivity contribution in [3.63, 3.8) is 0 Å². The minimum atomic E-state index is 0.287. The van der Waals surface area contributed by atoms with E-state index in [1.165, 1.54) is 0 Å². The lowest BCUT2D eigenvalue weighted by Gasteiger charge is -2.14. The van der Waals surface area contributed by atoms with Gasteiger partial charge < -0.3 is 9.84 Å². The van der Waals surface area contributed by atoms with Gasteiger partial charge in [0.2, 0.25) is 0 Å². The average molecular weight is 198 g/mol. The number of rotatable bonds is 0. The molecule has 2 heteroatoms. The van der Waals surface area contributed by atoms with Crippen molar-refractivity contribution in [1.82, 2.24) is 0 Å². The molecule has 2 aromatic carbocycles. The molecule has 0 aliphatic carbocycles. The lowest BCUT2D eigenvalue weighted by Crippen LogP contribution is -2.00. The molecule has 1 aliphatic rings. The van der Waals surface area contributed by atoms with Gasteiger partial charge in [-0.3, -0.25) is 0 Å². The second-order valence-electron chi connectivity index (χ2n) is 3.60. The number of fused-ring (bicyclic) bond motifs is 3. The van der Waals surface area contributed by atoms with Gasteiger partial charge in [0.05, 0.1) is 0 Å². The molecule has 0 saturated heterocycles. The summed E-state index contributed by atoms with van der Waals surface area (Å²) in [5.74, 6) is 1.17. The summed E-state index contributed by atoms with van der Waals surface area (Å²) in [4.78, 5) is 0. The van der Waals surface area contributed by atoms with Gasteiger partial charge in [0, 0.05) is 5.56 Å². The fraction of sp³-hybridized carbons (Fsp3) is 0.0769. The SMILES string of the molecule is Oc1ccc2ccc3c(c2c1)C=CCO3. The van der Waals surface area contributed by atoms with Gasteiger partial charge in [-0.25, -0.2) is 0 Å². The van der Waals surface area contributed by atoms with Gasteiger partial charge in [-0.05, 0) is 35.0 Å². The Morgan fingerprint density at radius 1 is 1.13 bits per heavy atom. The first-order valence-electron chi connectivity index (χ1n) is 4.90. The van der Waals surface area contributed by atoms with Gasteiger partial charge >= 0.3 is 0 Å². The van der Waals surface area contributed by atoms with Crippen molar-refractivity contribution >= 4 is 16.8 Å². The van der Waals surface area contributed by atoms with E-state index < -0.39 is 0 Å². The zero-order valence-electron chi connectivity index (χ0n) is 8.10. The third-order valence-electron chi connectivity index (χ3n) is 2.63. The van der Waals surface area contributed by atoms with Crippen molar-refractivity contribution in [1.29, 1.82) is 0 Å².